The summed E-state index contributed by atoms with van der Waals surface area (Å²) < 4.78 is 26.5. The van der Waals surface area contributed by atoms with Gasteiger partial charge in [-0.05, 0) is 99.1 Å². The smallest absolute Gasteiger partial charge is 0.223 e. The molecule has 0 saturated heterocycles. The molecule has 1 saturated carbocycles. The van der Waals surface area contributed by atoms with E-state index in [9.17, 15) is 9.18 Å². The second-order valence-electron chi connectivity index (χ2n) is 9.59. The fourth-order valence-electron chi connectivity index (χ4n) is 4.93. The van der Waals surface area contributed by atoms with Crippen molar-refractivity contribution in [3.8, 4) is 11.5 Å². The number of fused-ring (bicyclic) bond motifs is 1. The fourth-order valence-corrected chi connectivity index (χ4v) is 5.28. The fraction of sp³-hybridized carbons (Fsp3) is 0.536. The maximum Gasteiger partial charge on any atom is 0.223 e. The lowest BCUT2D eigenvalue weighted by atomic mass is 9.86. The first kappa shape index (κ1) is 24.9. The minimum Gasteiger partial charge on any atom is -0.490 e. The number of nitrogens with one attached hydrogen (secondary N) is 1. The summed E-state index contributed by atoms with van der Waals surface area (Å²) in [5, 5.41) is 3.68. The molecule has 1 N–H and O–H groups in total. The van der Waals surface area contributed by atoms with E-state index < -0.39 is 0 Å². The van der Waals surface area contributed by atoms with Crippen LogP contribution in [-0.4, -0.2) is 30.1 Å². The molecule has 1 amide bonds. The van der Waals surface area contributed by atoms with Crippen molar-refractivity contribution in [3.63, 3.8) is 0 Å². The summed E-state index contributed by atoms with van der Waals surface area (Å²) in [6.45, 7) is 4.76. The second-order valence-corrected chi connectivity index (χ2v) is 10.9. The first-order valence-corrected chi connectivity index (χ1v) is 13.7. The highest BCUT2D eigenvalue weighted by molar-refractivity contribution is 7.99. The third kappa shape index (κ3) is 6.07. The predicted molar refractivity (Wildman–Crippen MR) is 136 cm³/mol. The van der Waals surface area contributed by atoms with Crippen molar-refractivity contribution in [1.29, 1.82) is 0 Å². The third-order valence-electron chi connectivity index (χ3n) is 7.23. The Morgan fingerprint density at radius 3 is 2.76 bits per heavy atom. The number of rotatable bonds is 8. The molecule has 1 aliphatic heterocycles. The molecule has 1 aliphatic carbocycles. The average molecular weight is 486 g/mol. The van der Waals surface area contributed by atoms with Gasteiger partial charge < -0.3 is 14.8 Å². The van der Waals surface area contributed by atoms with Crippen LogP contribution >= 0.6 is 11.8 Å². The van der Waals surface area contributed by atoms with Crippen LogP contribution in [0.1, 0.15) is 68.2 Å². The molecule has 184 valence electrons. The minimum absolute atomic E-state index is 0.101. The lowest BCUT2D eigenvalue weighted by molar-refractivity contribution is -0.126. The van der Waals surface area contributed by atoms with Crippen molar-refractivity contribution in [2.45, 2.75) is 76.3 Å². The highest BCUT2D eigenvalue weighted by Crippen LogP contribution is 2.38. The lowest BCUT2D eigenvalue weighted by Crippen LogP contribution is -2.36. The number of aryl methyl sites for hydroxylation is 1. The van der Waals surface area contributed by atoms with E-state index in [1.807, 2.05) is 36.9 Å². The largest absolute Gasteiger partial charge is 0.490 e. The topological polar surface area (TPSA) is 47.6 Å². The van der Waals surface area contributed by atoms with Crippen LogP contribution in [-0.2, 0) is 11.2 Å². The number of benzene rings is 2. The molecule has 0 bridgehead atoms. The Bertz CT molecular complexity index is 990. The number of amides is 1. The standard InChI is InChI=1S/C28H36FNO3S/c1-18(34-3)15-16-30-28(31)20-7-10-22(11-8-20)32-23-12-14-26-21(17-23)9-13-27(33-26)24-5-4-6-25(29)19(24)2/h4-6,12,14,17-18,20,22,27H,7-11,13,15-16H2,1-3H3,(H,30,31). The van der Waals surface area contributed by atoms with Crippen molar-refractivity contribution in [3.05, 3.63) is 58.9 Å². The molecular weight excluding hydrogens is 449 g/mol. The molecule has 0 spiro atoms. The van der Waals surface area contributed by atoms with Gasteiger partial charge in [-0.2, -0.15) is 11.8 Å². The molecule has 6 heteroatoms. The van der Waals surface area contributed by atoms with E-state index in [1.54, 1.807) is 6.07 Å². The van der Waals surface area contributed by atoms with Gasteiger partial charge >= 0.3 is 0 Å². The Morgan fingerprint density at radius 1 is 1.21 bits per heavy atom. The van der Waals surface area contributed by atoms with Gasteiger partial charge in [-0.15, -0.1) is 0 Å². The van der Waals surface area contributed by atoms with Gasteiger partial charge in [-0.25, -0.2) is 4.39 Å². The Morgan fingerprint density at radius 2 is 2.00 bits per heavy atom. The number of halogens is 1. The molecule has 2 aliphatic rings. The van der Waals surface area contributed by atoms with Crippen molar-refractivity contribution < 1.29 is 18.7 Å². The quantitative estimate of drug-likeness (QED) is 0.470. The predicted octanol–water partition coefficient (Wildman–Crippen LogP) is 6.40. The molecule has 2 aromatic rings. The summed E-state index contributed by atoms with van der Waals surface area (Å²) in [6.07, 6.45) is 8.36. The average Bonchev–Trinajstić information content (AvgIpc) is 2.85. The SMILES string of the molecule is CSC(C)CCNC(=O)C1CCC(Oc2ccc3c(c2)CCC(c2cccc(F)c2C)O3)CC1. The van der Waals surface area contributed by atoms with E-state index in [4.69, 9.17) is 9.47 Å². The van der Waals surface area contributed by atoms with Gasteiger partial charge in [0.2, 0.25) is 5.91 Å². The van der Waals surface area contributed by atoms with Gasteiger partial charge in [0.1, 0.15) is 23.4 Å². The molecule has 0 radical (unpaired) electrons. The first-order chi connectivity index (χ1) is 16.4. The summed E-state index contributed by atoms with van der Waals surface area (Å²) in [7, 11) is 0. The van der Waals surface area contributed by atoms with Crippen LogP contribution in [0.25, 0.3) is 0 Å². The molecular formula is C28H36FNO3S. The Labute approximate surface area is 207 Å². The van der Waals surface area contributed by atoms with Crippen LogP contribution < -0.4 is 14.8 Å². The summed E-state index contributed by atoms with van der Waals surface area (Å²) in [4.78, 5) is 12.5. The zero-order valence-electron chi connectivity index (χ0n) is 20.4. The maximum absolute atomic E-state index is 14.0. The van der Waals surface area contributed by atoms with Crippen LogP contribution in [0.4, 0.5) is 4.39 Å². The van der Waals surface area contributed by atoms with Gasteiger partial charge in [0.25, 0.3) is 0 Å². The van der Waals surface area contributed by atoms with Crippen molar-refractivity contribution in [2.75, 3.05) is 12.8 Å². The number of hydrogen-bond acceptors (Lipinski definition) is 4. The summed E-state index contributed by atoms with van der Waals surface area (Å²) in [5.41, 5.74) is 2.72. The van der Waals surface area contributed by atoms with Crippen molar-refractivity contribution >= 4 is 17.7 Å². The number of carbonyl (C=O) groups is 1. The zero-order valence-corrected chi connectivity index (χ0v) is 21.3. The van der Waals surface area contributed by atoms with Gasteiger partial charge in [0, 0.05) is 17.7 Å². The summed E-state index contributed by atoms with van der Waals surface area (Å²) >= 11 is 1.83. The van der Waals surface area contributed by atoms with Gasteiger partial charge in [-0.1, -0.05) is 19.1 Å². The first-order valence-electron chi connectivity index (χ1n) is 12.5. The van der Waals surface area contributed by atoms with E-state index in [0.29, 0.717) is 10.8 Å². The van der Waals surface area contributed by atoms with Gasteiger partial charge in [0.15, 0.2) is 0 Å². The lowest BCUT2D eigenvalue weighted by Gasteiger charge is -2.30. The van der Waals surface area contributed by atoms with Crippen LogP contribution in [0.15, 0.2) is 36.4 Å². The van der Waals surface area contributed by atoms with Gasteiger partial charge in [0.05, 0.1) is 6.10 Å². The molecule has 4 rings (SSSR count). The monoisotopic (exact) mass is 485 g/mol. The number of ether oxygens (including phenoxy) is 2. The van der Waals surface area contributed by atoms with Crippen molar-refractivity contribution in [1.82, 2.24) is 5.32 Å². The molecule has 34 heavy (non-hydrogen) atoms. The number of carbonyl (C=O) groups excluding carboxylic acids is 1. The van der Waals surface area contributed by atoms with Crippen molar-refractivity contribution in [2.24, 2.45) is 5.92 Å². The third-order valence-corrected chi connectivity index (χ3v) is 8.27. The molecule has 0 aromatic heterocycles. The van der Waals surface area contributed by atoms with Crippen LogP contribution in [0, 0.1) is 18.7 Å². The van der Waals surface area contributed by atoms with E-state index in [-0.39, 0.29) is 29.9 Å². The minimum atomic E-state index is -0.187. The Hall–Kier alpha value is -2.21. The summed E-state index contributed by atoms with van der Waals surface area (Å²) in [5.74, 6) is 1.82. The molecule has 4 nitrogen and oxygen atoms in total. The Kier molecular flexibility index (Phi) is 8.41. The van der Waals surface area contributed by atoms with E-state index >= 15 is 0 Å². The van der Waals surface area contributed by atoms with E-state index in [0.717, 1.165) is 74.1 Å². The molecule has 1 heterocycles. The van der Waals surface area contributed by atoms with Gasteiger partial charge in [-0.3, -0.25) is 4.79 Å². The highest BCUT2D eigenvalue weighted by Gasteiger charge is 2.28. The zero-order chi connectivity index (χ0) is 24.1. The highest BCUT2D eigenvalue weighted by atomic mass is 32.2. The molecule has 2 unspecified atom stereocenters. The molecule has 2 atom stereocenters. The van der Waals surface area contributed by atoms with Crippen LogP contribution in [0.3, 0.4) is 0 Å². The van der Waals surface area contributed by atoms with E-state index in [1.165, 1.54) is 6.07 Å². The Balaban J connectivity index is 1.27. The van der Waals surface area contributed by atoms with Crippen LogP contribution in [0.2, 0.25) is 0 Å². The number of hydrogen-bond donors (Lipinski definition) is 1. The second kappa shape index (κ2) is 11.5. The normalized spacial score (nSPS) is 22.9. The summed E-state index contributed by atoms with van der Waals surface area (Å²) in [6, 6.07) is 11.2. The van der Waals surface area contributed by atoms with Crippen LogP contribution in [0.5, 0.6) is 11.5 Å². The van der Waals surface area contributed by atoms with E-state index in [2.05, 4.69) is 24.6 Å². The maximum atomic E-state index is 14.0. The molecule has 2 aromatic carbocycles. The number of thioether (sulfide) groups is 1. The molecule has 1 fully saturated rings.